The van der Waals surface area contributed by atoms with Crippen LogP contribution in [0.3, 0.4) is 0 Å². The first-order chi connectivity index (χ1) is 14.3. The van der Waals surface area contributed by atoms with Gasteiger partial charge in [-0.05, 0) is 37.8 Å². The van der Waals surface area contributed by atoms with E-state index in [4.69, 9.17) is 4.74 Å². The van der Waals surface area contributed by atoms with Crippen LogP contribution >= 0.6 is 0 Å². The van der Waals surface area contributed by atoms with Gasteiger partial charge in [-0.2, -0.15) is 17.0 Å². The maximum atomic E-state index is 12.9. The summed E-state index contributed by atoms with van der Waals surface area (Å²) in [5, 5.41) is 5.69. The molecule has 0 aliphatic carbocycles. The van der Waals surface area contributed by atoms with E-state index in [-0.39, 0.29) is 24.5 Å². The lowest BCUT2D eigenvalue weighted by Gasteiger charge is -2.32. The van der Waals surface area contributed by atoms with Crippen molar-refractivity contribution in [3.8, 4) is 0 Å². The summed E-state index contributed by atoms with van der Waals surface area (Å²) < 4.78 is 32.8. The van der Waals surface area contributed by atoms with Gasteiger partial charge in [0.1, 0.15) is 0 Å². The zero-order valence-electron chi connectivity index (χ0n) is 17.5. The predicted octanol–water partition coefficient (Wildman–Crippen LogP) is 1.05. The minimum absolute atomic E-state index is 0.0302. The Labute approximate surface area is 177 Å². The highest BCUT2D eigenvalue weighted by Crippen LogP contribution is 2.23. The number of carbonyl (C=O) groups excluding carboxylic acids is 2. The monoisotopic (exact) mass is 438 g/mol. The van der Waals surface area contributed by atoms with Crippen molar-refractivity contribution >= 4 is 27.7 Å². The molecule has 0 spiro atoms. The molecule has 9 nitrogen and oxygen atoms in total. The van der Waals surface area contributed by atoms with E-state index in [1.54, 1.807) is 24.3 Å². The largest absolute Gasteiger partial charge is 0.376 e. The van der Waals surface area contributed by atoms with Crippen molar-refractivity contribution in [1.29, 1.82) is 0 Å². The van der Waals surface area contributed by atoms with Gasteiger partial charge >= 0.3 is 0 Å². The summed E-state index contributed by atoms with van der Waals surface area (Å²) >= 11 is 0. The number of benzene rings is 1. The predicted molar refractivity (Wildman–Crippen MR) is 113 cm³/mol. The van der Waals surface area contributed by atoms with Gasteiger partial charge in [0.15, 0.2) is 0 Å². The zero-order chi connectivity index (χ0) is 21.7. The molecule has 0 bridgehead atoms. The Kier molecular flexibility index (Phi) is 7.45. The number of piperidine rings is 1. The van der Waals surface area contributed by atoms with E-state index in [0.717, 1.165) is 23.8 Å². The van der Waals surface area contributed by atoms with Gasteiger partial charge in [0, 0.05) is 40.3 Å². The van der Waals surface area contributed by atoms with Crippen molar-refractivity contribution < 1.29 is 22.7 Å². The first-order valence-electron chi connectivity index (χ1n) is 10.3. The van der Waals surface area contributed by atoms with Crippen molar-refractivity contribution in [3.05, 3.63) is 29.8 Å². The van der Waals surface area contributed by atoms with Gasteiger partial charge < -0.3 is 15.4 Å². The summed E-state index contributed by atoms with van der Waals surface area (Å²) in [5.41, 5.74) is 0.789. The summed E-state index contributed by atoms with van der Waals surface area (Å²) in [6.45, 7) is 1.67. The van der Waals surface area contributed by atoms with Crippen LogP contribution < -0.4 is 10.6 Å². The molecule has 2 saturated heterocycles. The van der Waals surface area contributed by atoms with E-state index in [2.05, 4.69) is 10.6 Å². The third-order valence-corrected chi connectivity index (χ3v) is 7.39. The number of anilines is 1. The van der Waals surface area contributed by atoms with Crippen molar-refractivity contribution in [1.82, 2.24) is 13.9 Å². The maximum absolute atomic E-state index is 12.9. The molecule has 2 N–H and O–H groups in total. The average molecular weight is 439 g/mol. The molecular weight excluding hydrogens is 408 g/mol. The molecule has 1 aromatic carbocycles. The molecular formula is C20H30N4O5S. The van der Waals surface area contributed by atoms with Gasteiger partial charge in [0.05, 0.1) is 23.3 Å². The molecule has 166 valence electrons. The van der Waals surface area contributed by atoms with E-state index in [1.807, 2.05) is 0 Å². The molecule has 0 saturated carbocycles. The van der Waals surface area contributed by atoms with Crippen LogP contribution in [0.15, 0.2) is 24.3 Å². The highest BCUT2D eigenvalue weighted by molar-refractivity contribution is 7.86. The lowest BCUT2D eigenvalue weighted by Crippen LogP contribution is -2.47. The van der Waals surface area contributed by atoms with Crippen LogP contribution in [0.25, 0.3) is 0 Å². The first kappa shape index (κ1) is 22.7. The molecule has 2 heterocycles. The van der Waals surface area contributed by atoms with E-state index in [1.165, 1.54) is 18.4 Å². The number of nitrogens with one attached hydrogen (secondary N) is 2. The van der Waals surface area contributed by atoms with Crippen LogP contribution in [0.4, 0.5) is 5.69 Å². The number of hydrogen-bond donors (Lipinski definition) is 2. The molecule has 2 amide bonds. The highest BCUT2D eigenvalue weighted by Gasteiger charge is 2.33. The number of carbonyl (C=O) groups is 2. The van der Waals surface area contributed by atoms with E-state index < -0.39 is 16.1 Å². The van der Waals surface area contributed by atoms with Crippen molar-refractivity contribution in [2.45, 2.75) is 31.8 Å². The quantitative estimate of drug-likeness (QED) is 0.662. The lowest BCUT2D eigenvalue weighted by molar-refractivity contribution is -0.120. The lowest BCUT2D eigenvalue weighted by atomic mass is 9.98. The van der Waals surface area contributed by atoms with Crippen LogP contribution in [0.1, 0.15) is 36.0 Å². The summed E-state index contributed by atoms with van der Waals surface area (Å²) in [6.07, 6.45) is 3.15. The van der Waals surface area contributed by atoms with Crippen LogP contribution in [0.2, 0.25) is 0 Å². The Morgan fingerprint density at radius 1 is 1.20 bits per heavy atom. The van der Waals surface area contributed by atoms with Gasteiger partial charge in [0.25, 0.3) is 16.1 Å². The van der Waals surface area contributed by atoms with Crippen LogP contribution in [0.5, 0.6) is 0 Å². The minimum atomic E-state index is -3.57. The molecule has 2 aliphatic heterocycles. The molecule has 30 heavy (non-hydrogen) atoms. The second kappa shape index (κ2) is 9.86. The Balaban J connectivity index is 1.64. The van der Waals surface area contributed by atoms with Crippen LogP contribution in [-0.2, 0) is 19.7 Å². The summed E-state index contributed by atoms with van der Waals surface area (Å²) in [7, 11) is -0.612. The average Bonchev–Trinajstić information content (AvgIpc) is 3.26. The second-order valence-electron chi connectivity index (χ2n) is 7.87. The third-order valence-electron chi connectivity index (χ3n) is 5.49. The zero-order valence-corrected chi connectivity index (χ0v) is 18.3. The standard InChI is InChI=1S/C20H30N4O5S/c1-23(2)30(27,28)24-11-5-7-15(14-24)19(25)22-18-10-4-3-9-17(18)20(26)21-13-16-8-6-12-29-16/h3-4,9-10,15-16H,5-8,11-14H2,1-2H3,(H,21,26)(H,22,25)/t15-,16+/m1/s1. The van der Waals surface area contributed by atoms with Crippen molar-refractivity contribution in [2.75, 3.05) is 45.7 Å². The molecule has 0 unspecified atom stereocenters. The third kappa shape index (κ3) is 5.37. The Hall–Kier alpha value is -2.01. The summed E-state index contributed by atoms with van der Waals surface area (Å²) in [4.78, 5) is 25.5. The van der Waals surface area contributed by atoms with E-state index in [0.29, 0.717) is 37.2 Å². The molecule has 2 atom stereocenters. The van der Waals surface area contributed by atoms with Gasteiger partial charge in [-0.25, -0.2) is 0 Å². The van der Waals surface area contributed by atoms with Crippen molar-refractivity contribution in [3.63, 3.8) is 0 Å². The number of hydrogen-bond acceptors (Lipinski definition) is 5. The number of para-hydroxylation sites is 1. The molecule has 10 heteroatoms. The Bertz CT molecular complexity index is 868. The van der Waals surface area contributed by atoms with Gasteiger partial charge in [-0.3, -0.25) is 9.59 Å². The normalized spacial score (nSPS) is 22.8. The van der Waals surface area contributed by atoms with E-state index in [9.17, 15) is 18.0 Å². The number of rotatable bonds is 7. The number of ether oxygens (including phenoxy) is 1. The Morgan fingerprint density at radius 2 is 1.97 bits per heavy atom. The maximum Gasteiger partial charge on any atom is 0.281 e. The number of nitrogens with zero attached hydrogens (tertiary/aromatic N) is 2. The topological polar surface area (TPSA) is 108 Å². The Morgan fingerprint density at radius 3 is 2.67 bits per heavy atom. The van der Waals surface area contributed by atoms with Crippen molar-refractivity contribution in [2.24, 2.45) is 5.92 Å². The molecule has 3 rings (SSSR count). The van der Waals surface area contributed by atoms with E-state index >= 15 is 0 Å². The van der Waals surface area contributed by atoms with Gasteiger partial charge in [0.2, 0.25) is 5.91 Å². The minimum Gasteiger partial charge on any atom is -0.376 e. The summed E-state index contributed by atoms with van der Waals surface area (Å²) in [5.74, 6) is -1.04. The summed E-state index contributed by atoms with van der Waals surface area (Å²) in [6, 6.07) is 6.82. The van der Waals surface area contributed by atoms with Gasteiger partial charge in [-0.1, -0.05) is 12.1 Å². The fourth-order valence-electron chi connectivity index (χ4n) is 3.73. The molecule has 1 aromatic rings. The highest BCUT2D eigenvalue weighted by atomic mass is 32.2. The second-order valence-corrected chi connectivity index (χ2v) is 10.0. The SMILES string of the molecule is CN(C)S(=O)(=O)N1CCC[C@@H](C(=O)Nc2ccccc2C(=O)NC[C@@H]2CCCO2)C1. The molecule has 2 aliphatic rings. The van der Waals surface area contributed by atoms with Gasteiger partial charge in [-0.15, -0.1) is 0 Å². The molecule has 2 fully saturated rings. The van der Waals surface area contributed by atoms with Crippen LogP contribution in [0, 0.1) is 5.92 Å². The van der Waals surface area contributed by atoms with Crippen LogP contribution in [-0.4, -0.2) is 75.3 Å². The fourth-order valence-corrected chi connectivity index (χ4v) is 4.92. The molecule has 0 radical (unpaired) electrons. The smallest absolute Gasteiger partial charge is 0.281 e. The number of amides is 2. The first-order valence-corrected chi connectivity index (χ1v) is 11.7. The fraction of sp³-hybridized carbons (Fsp3) is 0.600. The molecule has 0 aromatic heterocycles.